The Kier molecular flexibility index (Phi) is 5.81. The molecule has 0 radical (unpaired) electrons. The van der Waals surface area contributed by atoms with Gasteiger partial charge in [-0.3, -0.25) is 9.30 Å². The molecule has 0 saturated carbocycles. The first-order valence-corrected chi connectivity index (χ1v) is 11.9. The summed E-state index contributed by atoms with van der Waals surface area (Å²) in [6.07, 6.45) is -2.82. The molecule has 7 nitrogen and oxygen atoms in total. The Morgan fingerprint density at radius 3 is 2.53 bits per heavy atom. The molecule has 1 saturated heterocycles. The van der Waals surface area contributed by atoms with Gasteiger partial charge in [0.05, 0.1) is 17.7 Å². The van der Waals surface area contributed by atoms with Crippen LogP contribution in [0.1, 0.15) is 44.4 Å². The van der Waals surface area contributed by atoms with Crippen LogP contribution in [0.25, 0.3) is 28.1 Å². The molecule has 2 atom stereocenters. The van der Waals surface area contributed by atoms with Gasteiger partial charge in [-0.25, -0.2) is 4.98 Å². The Morgan fingerprint density at radius 1 is 1.08 bits per heavy atom. The number of hydrogen-bond donors (Lipinski definition) is 2. The van der Waals surface area contributed by atoms with E-state index in [0.29, 0.717) is 17.2 Å². The van der Waals surface area contributed by atoms with Gasteiger partial charge in [-0.15, -0.1) is 10.2 Å². The van der Waals surface area contributed by atoms with Gasteiger partial charge in [0, 0.05) is 24.7 Å². The van der Waals surface area contributed by atoms with Gasteiger partial charge >= 0.3 is 6.18 Å². The van der Waals surface area contributed by atoms with Crippen molar-refractivity contribution in [3.8, 4) is 11.5 Å². The Balaban J connectivity index is 1.61. The zero-order chi connectivity index (χ0) is 25.9. The number of aromatic nitrogens is 4. The van der Waals surface area contributed by atoms with Crippen LogP contribution in [0.4, 0.5) is 13.2 Å². The normalized spacial score (nSPS) is 20.4. The van der Waals surface area contributed by atoms with Crippen molar-refractivity contribution in [1.82, 2.24) is 24.5 Å². The third-order valence-corrected chi connectivity index (χ3v) is 6.90. The number of rotatable bonds is 4. The Hall–Kier alpha value is -3.08. The van der Waals surface area contributed by atoms with Crippen molar-refractivity contribution < 1.29 is 18.3 Å². The fourth-order valence-electron chi connectivity index (χ4n) is 5.01. The van der Waals surface area contributed by atoms with Crippen molar-refractivity contribution in [1.29, 1.82) is 0 Å². The van der Waals surface area contributed by atoms with E-state index in [4.69, 9.17) is 10.7 Å². The molecular weight excluding hydrogens is 469 g/mol. The van der Waals surface area contributed by atoms with Crippen LogP contribution >= 0.6 is 0 Å². The molecule has 1 aromatic carbocycles. The number of likely N-dealkylation sites (tertiary alicyclic amines) is 1. The summed E-state index contributed by atoms with van der Waals surface area (Å²) < 4.78 is 44.4. The zero-order valence-electron chi connectivity index (χ0n) is 20.4. The average molecular weight is 499 g/mol. The van der Waals surface area contributed by atoms with Crippen LogP contribution in [0.3, 0.4) is 0 Å². The van der Waals surface area contributed by atoms with Crippen LogP contribution < -0.4 is 5.73 Å². The van der Waals surface area contributed by atoms with Crippen LogP contribution in [0, 0.1) is 0 Å². The first-order chi connectivity index (χ1) is 16.9. The molecule has 1 fully saturated rings. The summed E-state index contributed by atoms with van der Waals surface area (Å²) in [5, 5.41) is 19.0. The number of halogens is 3. The Bertz CT molecular complexity index is 1430. The van der Waals surface area contributed by atoms with Gasteiger partial charge in [0.15, 0.2) is 11.5 Å². The van der Waals surface area contributed by atoms with Gasteiger partial charge in [-0.05, 0) is 35.1 Å². The number of para-hydroxylation sites is 1. The highest BCUT2D eigenvalue weighted by Crippen LogP contribution is 2.41. The van der Waals surface area contributed by atoms with Gasteiger partial charge in [-0.1, -0.05) is 51.1 Å². The van der Waals surface area contributed by atoms with Crippen molar-refractivity contribution in [2.75, 3.05) is 19.7 Å². The molecule has 2 unspecified atom stereocenters. The lowest BCUT2D eigenvalue weighted by Crippen LogP contribution is -2.48. The molecule has 10 heteroatoms. The van der Waals surface area contributed by atoms with Crippen molar-refractivity contribution in [2.45, 2.75) is 50.4 Å². The molecule has 5 rings (SSSR count). The fraction of sp³-hybridized carbons (Fsp3) is 0.423. The number of alkyl halides is 3. The van der Waals surface area contributed by atoms with E-state index < -0.39 is 17.8 Å². The zero-order valence-corrected chi connectivity index (χ0v) is 20.4. The van der Waals surface area contributed by atoms with E-state index >= 15 is 0 Å². The lowest BCUT2D eigenvalue weighted by molar-refractivity contribution is -0.184. The van der Waals surface area contributed by atoms with Crippen LogP contribution in [-0.4, -0.2) is 61.0 Å². The molecule has 1 aliphatic rings. The maximum atomic E-state index is 14.3. The Morgan fingerprint density at radius 2 is 1.86 bits per heavy atom. The quantitative estimate of drug-likeness (QED) is 0.437. The summed E-state index contributed by atoms with van der Waals surface area (Å²) in [5.74, 6) is 0.364. The predicted octanol–water partition coefficient (Wildman–Crippen LogP) is 4.24. The maximum absolute atomic E-state index is 14.3. The number of benzene rings is 1. The summed E-state index contributed by atoms with van der Waals surface area (Å²) in [7, 11) is 0. The molecule has 36 heavy (non-hydrogen) atoms. The summed E-state index contributed by atoms with van der Waals surface area (Å²) in [6.45, 7) is 6.04. The van der Waals surface area contributed by atoms with E-state index in [2.05, 4.69) is 31.0 Å². The first kappa shape index (κ1) is 24.6. The van der Waals surface area contributed by atoms with Crippen molar-refractivity contribution in [3.05, 3.63) is 59.8 Å². The highest BCUT2D eigenvalue weighted by molar-refractivity contribution is 5.84. The smallest absolute Gasteiger partial charge is 0.394 e. The highest BCUT2D eigenvalue weighted by Gasteiger charge is 2.49. The molecule has 3 aromatic heterocycles. The molecule has 0 amide bonds. The van der Waals surface area contributed by atoms with E-state index in [9.17, 15) is 18.3 Å². The molecule has 190 valence electrons. The number of nitrogens with zero attached hydrogens (tertiary/aromatic N) is 5. The standard InChI is InChI=1S/C26H29F3N6O/c1-24(2,3)18-6-4-5-16-7-9-19(31-21(16)18)23-33-32-20-10-8-17(13-35(20)23)22(26(27,28)29)34-12-11-25(30,14-34)15-36/h4-10,13,22,36H,11-12,14-15,30H2,1-3H3. The van der Waals surface area contributed by atoms with Crippen LogP contribution in [0.2, 0.25) is 0 Å². The molecule has 4 heterocycles. The third-order valence-electron chi connectivity index (χ3n) is 6.90. The maximum Gasteiger partial charge on any atom is 0.408 e. The van der Waals surface area contributed by atoms with E-state index in [1.165, 1.54) is 23.2 Å². The van der Waals surface area contributed by atoms with Crippen molar-refractivity contribution >= 4 is 16.6 Å². The van der Waals surface area contributed by atoms with Crippen LogP contribution in [-0.2, 0) is 5.41 Å². The van der Waals surface area contributed by atoms with Gasteiger partial charge in [-0.2, -0.15) is 13.2 Å². The van der Waals surface area contributed by atoms with E-state index in [0.717, 1.165) is 16.5 Å². The van der Waals surface area contributed by atoms with Gasteiger partial charge < -0.3 is 10.8 Å². The van der Waals surface area contributed by atoms with Gasteiger partial charge in [0.2, 0.25) is 0 Å². The minimum atomic E-state index is -4.54. The van der Waals surface area contributed by atoms with Gasteiger partial charge in [0.1, 0.15) is 11.7 Å². The van der Waals surface area contributed by atoms with Crippen LogP contribution in [0.15, 0.2) is 48.7 Å². The summed E-state index contributed by atoms with van der Waals surface area (Å²) in [6, 6.07) is 10.8. The SMILES string of the molecule is CC(C)(C)c1cccc2ccc(-c3nnc4ccc(C(N5CCC(N)(CO)C5)C(F)(F)F)cn34)nc12. The first-order valence-electron chi connectivity index (χ1n) is 11.9. The number of nitrogens with two attached hydrogens (primary N) is 1. The highest BCUT2D eigenvalue weighted by atomic mass is 19.4. The summed E-state index contributed by atoms with van der Waals surface area (Å²) in [5.41, 5.74) is 7.77. The average Bonchev–Trinajstić information content (AvgIpc) is 3.41. The minimum Gasteiger partial charge on any atom is -0.394 e. The van der Waals surface area contributed by atoms with Crippen molar-refractivity contribution in [2.24, 2.45) is 5.73 Å². The monoisotopic (exact) mass is 498 g/mol. The second-order valence-electron chi connectivity index (χ2n) is 10.7. The minimum absolute atomic E-state index is 0.0504. The second-order valence-corrected chi connectivity index (χ2v) is 10.7. The number of aliphatic hydroxyl groups is 1. The van der Waals surface area contributed by atoms with E-state index in [1.807, 2.05) is 30.3 Å². The molecule has 0 aliphatic carbocycles. The van der Waals surface area contributed by atoms with Gasteiger partial charge in [0.25, 0.3) is 0 Å². The topological polar surface area (TPSA) is 92.6 Å². The Labute approximate surface area is 206 Å². The third kappa shape index (κ3) is 4.33. The fourth-order valence-corrected chi connectivity index (χ4v) is 5.01. The predicted molar refractivity (Wildman–Crippen MR) is 131 cm³/mol. The molecule has 4 aromatic rings. The number of hydrogen-bond acceptors (Lipinski definition) is 6. The number of fused-ring (bicyclic) bond motifs is 2. The summed E-state index contributed by atoms with van der Waals surface area (Å²) in [4.78, 5) is 6.15. The molecular formula is C26H29F3N6O. The molecule has 0 bridgehead atoms. The lowest BCUT2D eigenvalue weighted by atomic mass is 9.85. The van der Waals surface area contributed by atoms with Crippen molar-refractivity contribution in [3.63, 3.8) is 0 Å². The van der Waals surface area contributed by atoms with Crippen LogP contribution in [0.5, 0.6) is 0 Å². The lowest BCUT2D eigenvalue weighted by Gasteiger charge is -2.31. The number of pyridine rings is 2. The largest absolute Gasteiger partial charge is 0.408 e. The van der Waals surface area contributed by atoms with E-state index in [1.54, 1.807) is 4.40 Å². The van der Waals surface area contributed by atoms with E-state index in [-0.39, 0.29) is 37.1 Å². The molecule has 3 N–H and O–H groups in total. The summed E-state index contributed by atoms with van der Waals surface area (Å²) >= 11 is 0. The molecule has 0 spiro atoms. The number of aliphatic hydroxyl groups excluding tert-OH is 1. The molecule has 1 aliphatic heterocycles. The second kappa shape index (κ2) is 8.50.